The van der Waals surface area contributed by atoms with E-state index in [4.69, 9.17) is 9.84 Å². The predicted molar refractivity (Wildman–Crippen MR) is 63.9 cm³/mol. The van der Waals surface area contributed by atoms with E-state index in [1.807, 2.05) is 13.8 Å². The molecule has 0 saturated heterocycles. The number of carbonyl (C=O) groups is 2. The van der Waals surface area contributed by atoms with E-state index in [1.54, 1.807) is 6.92 Å². The van der Waals surface area contributed by atoms with Crippen LogP contribution in [0.1, 0.15) is 20.8 Å². The van der Waals surface area contributed by atoms with Crippen LogP contribution in [0.4, 0.5) is 4.79 Å². The van der Waals surface area contributed by atoms with E-state index in [2.05, 4.69) is 5.32 Å². The van der Waals surface area contributed by atoms with Gasteiger partial charge in [-0.15, -0.1) is 0 Å². The van der Waals surface area contributed by atoms with Crippen LogP contribution in [0, 0.1) is 5.92 Å². The number of rotatable bonds is 8. The molecule has 17 heavy (non-hydrogen) atoms. The van der Waals surface area contributed by atoms with Crippen molar-refractivity contribution >= 4 is 12.0 Å². The second kappa shape index (κ2) is 8.81. The summed E-state index contributed by atoms with van der Waals surface area (Å²) in [4.78, 5) is 23.2. The number of aliphatic carboxylic acids is 1. The first-order valence-electron chi connectivity index (χ1n) is 5.79. The van der Waals surface area contributed by atoms with Crippen molar-refractivity contribution in [3.8, 4) is 0 Å². The van der Waals surface area contributed by atoms with Gasteiger partial charge in [0.05, 0.1) is 6.61 Å². The lowest BCUT2D eigenvalue weighted by atomic mass is 10.2. The fourth-order valence-electron chi connectivity index (χ4n) is 1.15. The molecule has 0 aliphatic carbocycles. The molecule has 0 radical (unpaired) electrons. The minimum Gasteiger partial charge on any atom is -0.480 e. The van der Waals surface area contributed by atoms with Gasteiger partial charge in [-0.25, -0.2) is 4.79 Å². The maximum Gasteiger partial charge on any atom is 0.323 e. The number of amides is 2. The van der Waals surface area contributed by atoms with Gasteiger partial charge in [0.2, 0.25) is 0 Å². The van der Waals surface area contributed by atoms with Gasteiger partial charge in [0.15, 0.2) is 0 Å². The van der Waals surface area contributed by atoms with Gasteiger partial charge in [0.1, 0.15) is 6.54 Å². The van der Waals surface area contributed by atoms with E-state index >= 15 is 0 Å². The summed E-state index contributed by atoms with van der Waals surface area (Å²) in [6.45, 7) is 7.39. The summed E-state index contributed by atoms with van der Waals surface area (Å²) in [6.07, 6.45) is 0. The number of carbonyl (C=O) groups excluding carboxylic acids is 1. The van der Waals surface area contributed by atoms with Crippen LogP contribution in [0.3, 0.4) is 0 Å². The average Bonchev–Trinajstić information content (AvgIpc) is 2.24. The Bertz CT molecular complexity index is 244. The highest BCUT2D eigenvalue weighted by atomic mass is 16.5. The van der Waals surface area contributed by atoms with Crippen LogP contribution in [-0.2, 0) is 9.53 Å². The quantitative estimate of drug-likeness (QED) is 0.620. The third-order valence-electron chi connectivity index (χ3n) is 1.97. The standard InChI is InChI=1S/C11H22N2O4/c1-4-13(7-10(14)15)11(16)12-5-6-17-8-9(2)3/h9H,4-8H2,1-3H3,(H,12,16)(H,14,15). The highest BCUT2D eigenvalue weighted by molar-refractivity contribution is 5.79. The van der Waals surface area contributed by atoms with Crippen LogP contribution in [0.15, 0.2) is 0 Å². The minimum absolute atomic E-state index is 0.283. The van der Waals surface area contributed by atoms with Gasteiger partial charge < -0.3 is 20.1 Å². The zero-order valence-corrected chi connectivity index (χ0v) is 10.7. The third kappa shape index (κ3) is 8.50. The molecule has 0 spiro atoms. The second-order valence-corrected chi connectivity index (χ2v) is 4.11. The predicted octanol–water partition coefficient (Wildman–Crippen LogP) is 0.775. The number of urea groups is 1. The lowest BCUT2D eigenvalue weighted by molar-refractivity contribution is -0.137. The van der Waals surface area contributed by atoms with E-state index in [0.717, 1.165) is 0 Å². The fraction of sp³-hybridized carbons (Fsp3) is 0.818. The zero-order chi connectivity index (χ0) is 13.3. The molecule has 2 N–H and O–H groups in total. The molecule has 100 valence electrons. The normalized spacial score (nSPS) is 10.4. The van der Waals surface area contributed by atoms with E-state index in [1.165, 1.54) is 4.90 Å². The van der Waals surface area contributed by atoms with Crippen molar-refractivity contribution < 1.29 is 19.4 Å². The number of carboxylic acid groups (broad SMARTS) is 1. The summed E-state index contributed by atoms with van der Waals surface area (Å²) in [6, 6.07) is -0.372. The first kappa shape index (κ1) is 15.7. The molecule has 0 aromatic heterocycles. The van der Waals surface area contributed by atoms with E-state index < -0.39 is 5.97 Å². The number of nitrogens with one attached hydrogen (secondary N) is 1. The SMILES string of the molecule is CCN(CC(=O)O)C(=O)NCCOCC(C)C. The summed E-state index contributed by atoms with van der Waals surface area (Å²) in [5.74, 6) is -0.553. The van der Waals surface area contributed by atoms with Crippen LogP contribution in [0.2, 0.25) is 0 Å². The molecule has 0 saturated carbocycles. The van der Waals surface area contributed by atoms with Crippen molar-refractivity contribution in [3.63, 3.8) is 0 Å². The summed E-state index contributed by atoms with van der Waals surface area (Å²) < 4.78 is 5.29. The zero-order valence-electron chi connectivity index (χ0n) is 10.7. The number of likely N-dealkylation sites (N-methyl/N-ethyl adjacent to an activating group) is 1. The molecule has 6 heteroatoms. The van der Waals surface area contributed by atoms with E-state index in [-0.39, 0.29) is 12.6 Å². The van der Waals surface area contributed by atoms with Crippen molar-refractivity contribution in [2.45, 2.75) is 20.8 Å². The Kier molecular flexibility index (Phi) is 8.13. The van der Waals surface area contributed by atoms with Crippen LogP contribution >= 0.6 is 0 Å². The molecule has 0 aromatic rings. The van der Waals surface area contributed by atoms with Gasteiger partial charge in [-0.1, -0.05) is 13.8 Å². The van der Waals surface area contributed by atoms with Gasteiger partial charge in [0, 0.05) is 19.7 Å². The molecule has 0 fully saturated rings. The molecule has 0 heterocycles. The van der Waals surface area contributed by atoms with E-state index in [0.29, 0.717) is 32.2 Å². The average molecular weight is 246 g/mol. The maximum absolute atomic E-state index is 11.5. The van der Waals surface area contributed by atoms with Gasteiger partial charge in [-0.2, -0.15) is 0 Å². The highest BCUT2D eigenvalue weighted by Gasteiger charge is 2.13. The molecule has 0 bridgehead atoms. The van der Waals surface area contributed by atoms with Gasteiger partial charge in [0.25, 0.3) is 0 Å². The first-order chi connectivity index (χ1) is 7.97. The molecule has 0 unspecified atom stereocenters. The second-order valence-electron chi connectivity index (χ2n) is 4.11. The molecule has 6 nitrogen and oxygen atoms in total. The number of hydrogen-bond donors (Lipinski definition) is 2. The first-order valence-corrected chi connectivity index (χ1v) is 5.79. The number of carboxylic acids is 1. The van der Waals surface area contributed by atoms with Gasteiger partial charge in [-0.05, 0) is 12.8 Å². The van der Waals surface area contributed by atoms with Crippen molar-refractivity contribution in [2.24, 2.45) is 5.92 Å². The fourth-order valence-corrected chi connectivity index (χ4v) is 1.15. The molecule has 0 aliphatic rings. The maximum atomic E-state index is 11.5. The van der Waals surface area contributed by atoms with Crippen molar-refractivity contribution in [1.29, 1.82) is 0 Å². The van der Waals surface area contributed by atoms with Crippen LogP contribution in [0.5, 0.6) is 0 Å². The minimum atomic E-state index is -1.02. The molecule has 0 atom stereocenters. The topological polar surface area (TPSA) is 78.9 Å². The Morgan fingerprint density at radius 1 is 1.41 bits per heavy atom. The third-order valence-corrected chi connectivity index (χ3v) is 1.97. The number of ether oxygens (including phenoxy) is 1. The van der Waals surface area contributed by atoms with Crippen LogP contribution in [0.25, 0.3) is 0 Å². The number of hydrogen-bond acceptors (Lipinski definition) is 3. The summed E-state index contributed by atoms with van der Waals surface area (Å²) in [5.41, 5.74) is 0. The molecule has 0 rings (SSSR count). The molecular formula is C11H22N2O4. The van der Waals surface area contributed by atoms with Gasteiger partial charge in [-0.3, -0.25) is 4.79 Å². The molecule has 0 aromatic carbocycles. The lowest BCUT2D eigenvalue weighted by Crippen LogP contribution is -2.43. The molecule has 2 amide bonds. The summed E-state index contributed by atoms with van der Waals surface area (Å²) in [5, 5.41) is 11.2. The van der Waals surface area contributed by atoms with Gasteiger partial charge >= 0.3 is 12.0 Å². The van der Waals surface area contributed by atoms with Crippen molar-refractivity contribution in [2.75, 3.05) is 32.8 Å². The monoisotopic (exact) mass is 246 g/mol. The molecular weight excluding hydrogens is 224 g/mol. The summed E-state index contributed by atoms with van der Waals surface area (Å²) >= 11 is 0. The Morgan fingerprint density at radius 2 is 2.06 bits per heavy atom. The van der Waals surface area contributed by atoms with E-state index in [9.17, 15) is 9.59 Å². The largest absolute Gasteiger partial charge is 0.480 e. The Balaban J connectivity index is 3.72. The Hall–Kier alpha value is -1.30. The van der Waals surface area contributed by atoms with Crippen molar-refractivity contribution in [1.82, 2.24) is 10.2 Å². The molecule has 0 aliphatic heterocycles. The Morgan fingerprint density at radius 3 is 2.53 bits per heavy atom. The Labute approximate surface area is 102 Å². The smallest absolute Gasteiger partial charge is 0.323 e. The van der Waals surface area contributed by atoms with Crippen LogP contribution < -0.4 is 5.32 Å². The van der Waals surface area contributed by atoms with Crippen molar-refractivity contribution in [3.05, 3.63) is 0 Å². The van der Waals surface area contributed by atoms with Crippen LogP contribution in [-0.4, -0.2) is 54.9 Å². The lowest BCUT2D eigenvalue weighted by Gasteiger charge is -2.19. The summed E-state index contributed by atoms with van der Waals surface area (Å²) in [7, 11) is 0. The number of nitrogens with zero attached hydrogens (tertiary/aromatic N) is 1. The highest BCUT2D eigenvalue weighted by Crippen LogP contribution is 1.92.